The zero-order valence-corrected chi connectivity index (χ0v) is 11.3. The molecule has 0 aliphatic rings. The van der Waals surface area contributed by atoms with Crippen LogP contribution in [0, 0.1) is 0 Å². The summed E-state index contributed by atoms with van der Waals surface area (Å²) in [5.41, 5.74) is 3.25. The molecule has 3 rings (SSSR count). The molecule has 0 spiro atoms. The third-order valence-electron chi connectivity index (χ3n) is 3.45. The van der Waals surface area contributed by atoms with Crippen LogP contribution in [0.25, 0.3) is 10.9 Å². The number of hydrogen-bond acceptors (Lipinski definition) is 4. The van der Waals surface area contributed by atoms with E-state index in [0.717, 1.165) is 17.6 Å². The van der Waals surface area contributed by atoms with E-state index in [-0.39, 0.29) is 6.04 Å². The van der Waals surface area contributed by atoms with Crippen molar-refractivity contribution >= 4 is 10.9 Å². The van der Waals surface area contributed by atoms with Gasteiger partial charge in [0.2, 0.25) is 0 Å². The van der Waals surface area contributed by atoms with Gasteiger partial charge in [-0.25, -0.2) is 0 Å². The van der Waals surface area contributed by atoms with Gasteiger partial charge >= 0.3 is 0 Å². The normalized spacial score (nSPS) is 12.4. The summed E-state index contributed by atoms with van der Waals surface area (Å²) in [5, 5.41) is 4.50. The van der Waals surface area contributed by atoms with Crippen molar-refractivity contribution in [3.63, 3.8) is 0 Å². The van der Waals surface area contributed by atoms with Crippen LogP contribution in [0.4, 0.5) is 0 Å². The molecule has 1 unspecified atom stereocenters. The molecule has 4 nitrogen and oxygen atoms in total. The van der Waals surface area contributed by atoms with Crippen LogP contribution in [0.15, 0.2) is 55.1 Å². The van der Waals surface area contributed by atoms with Crippen molar-refractivity contribution in [1.82, 2.24) is 20.3 Å². The van der Waals surface area contributed by atoms with Gasteiger partial charge < -0.3 is 5.32 Å². The zero-order chi connectivity index (χ0) is 13.8. The molecule has 2 aromatic heterocycles. The molecule has 100 valence electrons. The molecule has 3 aromatic rings. The minimum atomic E-state index is 0.148. The molecular weight excluding hydrogens is 248 g/mol. The van der Waals surface area contributed by atoms with Crippen LogP contribution in [0.1, 0.15) is 17.3 Å². The van der Waals surface area contributed by atoms with E-state index < -0.39 is 0 Å². The van der Waals surface area contributed by atoms with Gasteiger partial charge in [-0.3, -0.25) is 15.0 Å². The second-order valence-electron chi connectivity index (χ2n) is 4.66. The fourth-order valence-electron chi connectivity index (χ4n) is 2.40. The summed E-state index contributed by atoms with van der Waals surface area (Å²) in [7, 11) is 1.95. The van der Waals surface area contributed by atoms with E-state index in [0.29, 0.717) is 0 Å². The van der Waals surface area contributed by atoms with E-state index in [4.69, 9.17) is 0 Å². The SMILES string of the molecule is CNC(Cc1ccnc2ccccc12)c1cnccn1. The third kappa shape index (κ3) is 2.51. The largest absolute Gasteiger partial charge is 0.311 e. The van der Waals surface area contributed by atoms with Gasteiger partial charge in [0.1, 0.15) is 0 Å². The lowest BCUT2D eigenvalue weighted by Crippen LogP contribution is -2.20. The van der Waals surface area contributed by atoms with Gasteiger partial charge in [-0.2, -0.15) is 0 Å². The van der Waals surface area contributed by atoms with Gasteiger partial charge in [-0.05, 0) is 31.2 Å². The number of pyridine rings is 1. The lowest BCUT2D eigenvalue weighted by Gasteiger charge is -2.16. The van der Waals surface area contributed by atoms with Crippen LogP contribution in [0.2, 0.25) is 0 Å². The number of rotatable bonds is 4. The summed E-state index contributed by atoms with van der Waals surface area (Å²) in [5.74, 6) is 0. The number of hydrogen-bond donors (Lipinski definition) is 1. The Morgan fingerprint density at radius 3 is 2.75 bits per heavy atom. The highest BCUT2D eigenvalue weighted by atomic mass is 14.9. The number of likely N-dealkylation sites (N-methyl/N-ethyl adjacent to an activating group) is 1. The van der Waals surface area contributed by atoms with Crippen molar-refractivity contribution in [3.05, 3.63) is 66.4 Å². The van der Waals surface area contributed by atoms with Crippen molar-refractivity contribution in [2.75, 3.05) is 7.05 Å². The molecule has 2 heterocycles. The first-order valence-electron chi connectivity index (χ1n) is 6.64. The molecule has 0 amide bonds. The predicted molar refractivity (Wildman–Crippen MR) is 79.3 cm³/mol. The minimum Gasteiger partial charge on any atom is -0.311 e. The Morgan fingerprint density at radius 2 is 1.95 bits per heavy atom. The van der Waals surface area contributed by atoms with Crippen LogP contribution in [0.3, 0.4) is 0 Å². The summed E-state index contributed by atoms with van der Waals surface area (Å²) >= 11 is 0. The number of benzene rings is 1. The van der Waals surface area contributed by atoms with Crippen LogP contribution in [-0.2, 0) is 6.42 Å². The van der Waals surface area contributed by atoms with Gasteiger partial charge in [0.05, 0.1) is 17.3 Å². The Bertz CT molecular complexity index is 692. The van der Waals surface area contributed by atoms with E-state index in [1.54, 1.807) is 12.4 Å². The molecule has 0 fully saturated rings. The number of para-hydroxylation sites is 1. The number of nitrogens with zero attached hydrogens (tertiary/aromatic N) is 3. The standard InChI is InChI=1S/C16H16N4/c1-17-15(16-11-18-8-9-20-16)10-12-6-7-19-14-5-3-2-4-13(12)14/h2-9,11,15,17H,10H2,1H3. The van der Waals surface area contributed by atoms with Crippen LogP contribution in [-0.4, -0.2) is 22.0 Å². The van der Waals surface area contributed by atoms with Crippen molar-refractivity contribution in [2.45, 2.75) is 12.5 Å². The van der Waals surface area contributed by atoms with E-state index in [1.807, 2.05) is 37.6 Å². The summed E-state index contributed by atoms with van der Waals surface area (Å²) in [6.45, 7) is 0. The van der Waals surface area contributed by atoms with Gasteiger partial charge in [0, 0.05) is 30.2 Å². The third-order valence-corrected chi connectivity index (χ3v) is 3.45. The van der Waals surface area contributed by atoms with Crippen LogP contribution in [0.5, 0.6) is 0 Å². The molecule has 0 aliphatic heterocycles. The number of aromatic nitrogens is 3. The van der Waals surface area contributed by atoms with Crippen molar-refractivity contribution in [3.8, 4) is 0 Å². The quantitative estimate of drug-likeness (QED) is 0.786. The number of nitrogens with one attached hydrogen (secondary N) is 1. The molecule has 0 saturated carbocycles. The molecule has 0 saturated heterocycles. The van der Waals surface area contributed by atoms with Crippen LogP contribution >= 0.6 is 0 Å². The summed E-state index contributed by atoms with van der Waals surface area (Å²) < 4.78 is 0. The Balaban J connectivity index is 1.96. The maximum Gasteiger partial charge on any atom is 0.0759 e. The summed E-state index contributed by atoms with van der Waals surface area (Å²) in [6.07, 6.45) is 7.95. The molecule has 1 aromatic carbocycles. The maximum atomic E-state index is 4.40. The zero-order valence-electron chi connectivity index (χ0n) is 11.3. The molecular formula is C16H16N4. The topological polar surface area (TPSA) is 50.7 Å². The van der Waals surface area contributed by atoms with Crippen molar-refractivity contribution in [1.29, 1.82) is 0 Å². The Kier molecular flexibility index (Phi) is 3.65. The second kappa shape index (κ2) is 5.75. The van der Waals surface area contributed by atoms with Crippen LogP contribution < -0.4 is 5.32 Å². The maximum absolute atomic E-state index is 4.40. The first kappa shape index (κ1) is 12.7. The summed E-state index contributed by atoms with van der Waals surface area (Å²) in [6, 6.07) is 10.4. The van der Waals surface area contributed by atoms with E-state index in [2.05, 4.69) is 32.4 Å². The average Bonchev–Trinajstić information content (AvgIpc) is 2.53. The Morgan fingerprint density at radius 1 is 1.05 bits per heavy atom. The highest BCUT2D eigenvalue weighted by Crippen LogP contribution is 2.22. The van der Waals surface area contributed by atoms with Crippen molar-refractivity contribution < 1.29 is 0 Å². The monoisotopic (exact) mass is 264 g/mol. The van der Waals surface area contributed by atoms with Gasteiger partial charge in [0.25, 0.3) is 0 Å². The molecule has 20 heavy (non-hydrogen) atoms. The lowest BCUT2D eigenvalue weighted by molar-refractivity contribution is 0.575. The number of fused-ring (bicyclic) bond motifs is 1. The summed E-state index contributed by atoms with van der Waals surface area (Å²) in [4.78, 5) is 12.9. The predicted octanol–water partition coefficient (Wildman–Crippen LogP) is 2.53. The first-order chi connectivity index (χ1) is 9.88. The Hall–Kier alpha value is -2.33. The highest BCUT2D eigenvalue weighted by Gasteiger charge is 2.13. The van der Waals surface area contributed by atoms with E-state index in [1.165, 1.54) is 10.9 Å². The van der Waals surface area contributed by atoms with E-state index in [9.17, 15) is 0 Å². The molecule has 0 bridgehead atoms. The molecule has 4 heteroatoms. The molecule has 0 aliphatic carbocycles. The second-order valence-corrected chi connectivity index (χ2v) is 4.66. The smallest absolute Gasteiger partial charge is 0.0759 e. The molecule has 0 radical (unpaired) electrons. The first-order valence-corrected chi connectivity index (χ1v) is 6.64. The van der Waals surface area contributed by atoms with Gasteiger partial charge in [0.15, 0.2) is 0 Å². The highest BCUT2D eigenvalue weighted by molar-refractivity contribution is 5.81. The Labute approximate surface area is 117 Å². The average molecular weight is 264 g/mol. The minimum absolute atomic E-state index is 0.148. The fourth-order valence-corrected chi connectivity index (χ4v) is 2.40. The van der Waals surface area contributed by atoms with E-state index >= 15 is 0 Å². The van der Waals surface area contributed by atoms with Gasteiger partial charge in [-0.15, -0.1) is 0 Å². The van der Waals surface area contributed by atoms with Gasteiger partial charge in [-0.1, -0.05) is 18.2 Å². The van der Waals surface area contributed by atoms with Crippen molar-refractivity contribution in [2.24, 2.45) is 0 Å². The lowest BCUT2D eigenvalue weighted by atomic mass is 10.0. The molecule has 1 N–H and O–H groups in total. The molecule has 1 atom stereocenters. The fraction of sp³-hybridized carbons (Fsp3) is 0.188.